The Morgan fingerprint density at radius 2 is 2.09 bits per heavy atom. The molecule has 3 aromatic rings. The van der Waals surface area contributed by atoms with Crippen LogP contribution in [-0.2, 0) is 4.79 Å². The third kappa shape index (κ3) is 2.87. The van der Waals surface area contributed by atoms with E-state index in [2.05, 4.69) is 10.3 Å². The lowest BCUT2D eigenvalue weighted by atomic mass is 10.1. The predicted molar refractivity (Wildman–Crippen MR) is 85.1 cm³/mol. The second kappa shape index (κ2) is 6.03. The lowest BCUT2D eigenvalue weighted by molar-refractivity contribution is -0.137. The number of hydrogen-bond donors (Lipinski definition) is 3. The summed E-state index contributed by atoms with van der Waals surface area (Å²) in [4.78, 5) is 27.4. The molecule has 0 unspecified atom stereocenters. The second-order valence-electron chi connectivity index (χ2n) is 4.89. The van der Waals surface area contributed by atoms with Crippen molar-refractivity contribution in [3.63, 3.8) is 0 Å². The van der Waals surface area contributed by atoms with Crippen molar-refractivity contribution in [1.29, 1.82) is 0 Å². The lowest BCUT2D eigenvalue weighted by Gasteiger charge is -2.16. The highest BCUT2D eigenvalue weighted by Gasteiger charge is 2.21. The topological polar surface area (TPSA) is 82.2 Å². The number of nitrogens with one attached hydrogen (secondary N) is 2. The molecule has 0 saturated heterocycles. The minimum atomic E-state index is -0.947. The van der Waals surface area contributed by atoms with Crippen molar-refractivity contribution in [2.45, 2.75) is 12.5 Å². The molecule has 0 spiro atoms. The fourth-order valence-electron chi connectivity index (χ4n) is 2.40. The van der Waals surface area contributed by atoms with E-state index in [9.17, 15) is 9.59 Å². The van der Waals surface area contributed by atoms with Gasteiger partial charge in [-0.25, -0.2) is 0 Å². The first-order valence-electron chi connectivity index (χ1n) is 6.77. The van der Waals surface area contributed by atoms with Crippen LogP contribution in [0.2, 0.25) is 0 Å². The van der Waals surface area contributed by atoms with Gasteiger partial charge in [0.05, 0.1) is 23.5 Å². The number of carboxylic acids is 1. The number of carbonyl (C=O) groups excluding carboxylic acids is 1. The molecule has 1 amide bonds. The van der Waals surface area contributed by atoms with Crippen LogP contribution in [0.3, 0.4) is 0 Å². The number of amides is 1. The Labute approximate surface area is 130 Å². The van der Waals surface area contributed by atoms with Crippen LogP contribution in [0.4, 0.5) is 0 Å². The summed E-state index contributed by atoms with van der Waals surface area (Å²) >= 11 is 1.43. The number of aromatic amines is 1. The van der Waals surface area contributed by atoms with Crippen LogP contribution < -0.4 is 5.32 Å². The molecule has 6 heteroatoms. The van der Waals surface area contributed by atoms with Gasteiger partial charge in [0.25, 0.3) is 5.91 Å². The van der Waals surface area contributed by atoms with E-state index in [1.165, 1.54) is 11.3 Å². The van der Waals surface area contributed by atoms with Crippen LogP contribution in [-0.4, -0.2) is 22.0 Å². The summed E-state index contributed by atoms with van der Waals surface area (Å²) in [5.41, 5.74) is 1.26. The van der Waals surface area contributed by atoms with Gasteiger partial charge in [0, 0.05) is 16.5 Å². The molecule has 3 N–H and O–H groups in total. The number of aromatic nitrogens is 1. The van der Waals surface area contributed by atoms with Gasteiger partial charge in [0.2, 0.25) is 0 Å². The number of aliphatic carboxylic acids is 1. The number of rotatable bonds is 5. The zero-order chi connectivity index (χ0) is 15.5. The van der Waals surface area contributed by atoms with Gasteiger partial charge in [-0.3, -0.25) is 9.59 Å². The van der Waals surface area contributed by atoms with Gasteiger partial charge in [-0.15, -0.1) is 11.3 Å². The largest absolute Gasteiger partial charge is 0.481 e. The van der Waals surface area contributed by atoms with Crippen molar-refractivity contribution < 1.29 is 14.7 Å². The quantitative estimate of drug-likeness (QED) is 0.676. The molecule has 2 heterocycles. The Morgan fingerprint density at radius 1 is 1.23 bits per heavy atom. The molecule has 1 atom stereocenters. The Bertz CT molecular complexity index is 808. The molecule has 0 bridgehead atoms. The average Bonchev–Trinajstić information content (AvgIpc) is 3.16. The molecule has 1 aromatic carbocycles. The minimum Gasteiger partial charge on any atom is -0.481 e. The number of para-hydroxylation sites is 1. The van der Waals surface area contributed by atoms with Crippen LogP contribution >= 0.6 is 11.3 Å². The van der Waals surface area contributed by atoms with Gasteiger partial charge < -0.3 is 15.4 Å². The minimum absolute atomic E-state index is 0.146. The lowest BCUT2D eigenvalue weighted by Crippen LogP contribution is -2.29. The van der Waals surface area contributed by atoms with Crippen molar-refractivity contribution in [3.8, 4) is 0 Å². The summed E-state index contributed by atoms with van der Waals surface area (Å²) in [6, 6.07) is 10.5. The van der Waals surface area contributed by atoms with Crippen LogP contribution in [0.5, 0.6) is 0 Å². The van der Waals surface area contributed by atoms with E-state index in [1.807, 2.05) is 35.7 Å². The number of fused-ring (bicyclic) bond motifs is 1. The monoisotopic (exact) mass is 314 g/mol. The van der Waals surface area contributed by atoms with Gasteiger partial charge in [0.1, 0.15) is 0 Å². The highest BCUT2D eigenvalue weighted by Crippen LogP contribution is 2.24. The Balaban J connectivity index is 1.88. The van der Waals surface area contributed by atoms with E-state index in [0.717, 1.165) is 15.8 Å². The first-order valence-corrected chi connectivity index (χ1v) is 7.65. The second-order valence-corrected chi connectivity index (χ2v) is 5.87. The molecule has 0 radical (unpaired) electrons. The van der Waals surface area contributed by atoms with E-state index in [-0.39, 0.29) is 12.3 Å². The summed E-state index contributed by atoms with van der Waals surface area (Å²) in [6.07, 6.45) is 1.63. The van der Waals surface area contributed by atoms with Crippen molar-refractivity contribution in [2.24, 2.45) is 0 Å². The van der Waals surface area contributed by atoms with E-state index in [0.29, 0.717) is 5.56 Å². The maximum atomic E-state index is 12.5. The number of thiophene rings is 1. The molecule has 0 fully saturated rings. The van der Waals surface area contributed by atoms with Crippen molar-refractivity contribution in [3.05, 3.63) is 58.4 Å². The van der Waals surface area contributed by atoms with Crippen LogP contribution in [0, 0.1) is 0 Å². The number of hydrogen-bond acceptors (Lipinski definition) is 3. The van der Waals surface area contributed by atoms with Crippen LogP contribution in [0.1, 0.15) is 27.7 Å². The van der Waals surface area contributed by atoms with Gasteiger partial charge >= 0.3 is 5.97 Å². The molecule has 0 aliphatic heterocycles. The molecule has 2 aromatic heterocycles. The summed E-state index contributed by atoms with van der Waals surface area (Å²) in [5.74, 6) is -1.23. The molecule has 22 heavy (non-hydrogen) atoms. The van der Waals surface area contributed by atoms with Gasteiger partial charge in [-0.2, -0.15) is 0 Å². The molecule has 5 nitrogen and oxygen atoms in total. The molecular formula is C16H14N2O3S. The molecule has 3 rings (SSSR count). The smallest absolute Gasteiger partial charge is 0.305 e. The van der Waals surface area contributed by atoms with E-state index < -0.39 is 12.0 Å². The van der Waals surface area contributed by atoms with Gasteiger partial charge in [0.15, 0.2) is 0 Å². The Morgan fingerprint density at radius 3 is 2.82 bits per heavy atom. The highest BCUT2D eigenvalue weighted by atomic mass is 32.1. The Hall–Kier alpha value is -2.60. The summed E-state index contributed by atoms with van der Waals surface area (Å²) in [7, 11) is 0. The molecule has 0 aliphatic rings. The number of benzene rings is 1. The van der Waals surface area contributed by atoms with E-state index in [4.69, 9.17) is 5.11 Å². The Kier molecular flexibility index (Phi) is 3.93. The van der Waals surface area contributed by atoms with Gasteiger partial charge in [-0.05, 0) is 23.6 Å². The number of carbonyl (C=O) groups is 2. The summed E-state index contributed by atoms with van der Waals surface area (Å²) in [5, 5.41) is 14.7. The fraction of sp³-hybridized carbons (Fsp3) is 0.125. The third-order valence-electron chi connectivity index (χ3n) is 3.40. The maximum Gasteiger partial charge on any atom is 0.305 e. The van der Waals surface area contributed by atoms with Crippen molar-refractivity contribution in [1.82, 2.24) is 10.3 Å². The SMILES string of the molecule is O=C(O)C[C@H](NC(=O)c1cccc2cc[nH]c12)c1cccs1. The first kappa shape index (κ1) is 14.3. The van der Waals surface area contributed by atoms with Gasteiger partial charge in [-0.1, -0.05) is 18.2 Å². The third-order valence-corrected chi connectivity index (χ3v) is 4.39. The molecular weight excluding hydrogens is 300 g/mol. The van der Waals surface area contributed by atoms with Crippen LogP contribution in [0.15, 0.2) is 48.0 Å². The zero-order valence-corrected chi connectivity index (χ0v) is 12.4. The average molecular weight is 314 g/mol. The standard InChI is InChI=1S/C16H14N2O3S/c19-14(20)9-12(13-5-2-8-22-13)18-16(21)11-4-1-3-10-6-7-17-15(10)11/h1-8,12,17H,9H2,(H,18,21)(H,19,20)/t12-/m0/s1. The fourth-order valence-corrected chi connectivity index (χ4v) is 3.17. The molecule has 0 aliphatic carbocycles. The van der Waals surface area contributed by atoms with Crippen molar-refractivity contribution >= 4 is 34.1 Å². The van der Waals surface area contributed by atoms with Crippen LogP contribution in [0.25, 0.3) is 10.9 Å². The highest BCUT2D eigenvalue weighted by molar-refractivity contribution is 7.10. The number of carboxylic acid groups (broad SMARTS) is 1. The van der Waals surface area contributed by atoms with E-state index in [1.54, 1.807) is 12.3 Å². The van der Waals surface area contributed by atoms with E-state index >= 15 is 0 Å². The van der Waals surface area contributed by atoms with Crippen molar-refractivity contribution in [2.75, 3.05) is 0 Å². The predicted octanol–water partition coefficient (Wildman–Crippen LogP) is 3.18. The maximum absolute atomic E-state index is 12.5. The number of H-pyrrole nitrogens is 1. The summed E-state index contributed by atoms with van der Waals surface area (Å²) in [6.45, 7) is 0. The zero-order valence-electron chi connectivity index (χ0n) is 11.6. The first-order chi connectivity index (χ1) is 10.6. The molecule has 112 valence electrons. The normalized spacial score (nSPS) is 12.2. The molecule has 0 saturated carbocycles. The summed E-state index contributed by atoms with van der Waals surface area (Å²) < 4.78 is 0.